The molecule has 1 rings (SSSR count). The van der Waals surface area contributed by atoms with Gasteiger partial charge in [-0.05, 0) is 22.8 Å². The van der Waals surface area contributed by atoms with E-state index in [1.54, 1.807) is 0 Å². The molecule has 126 valence electrons. The van der Waals surface area contributed by atoms with E-state index in [1.165, 1.54) is 0 Å². The van der Waals surface area contributed by atoms with Crippen LogP contribution in [0.5, 0.6) is 0 Å². The molecular formula is C18H30O4. The van der Waals surface area contributed by atoms with E-state index in [1.807, 2.05) is 53.7 Å². The second-order valence-corrected chi connectivity index (χ2v) is 8.37. The van der Waals surface area contributed by atoms with Crippen LogP contribution in [-0.4, -0.2) is 33.5 Å². The van der Waals surface area contributed by atoms with Crippen LogP contribution in [0.25, 0.3) is 0 Å². The number of carboxylic acid groups (broad SMARTS) is 1. The van der Waals surface area contributed by atoms with Crippen molar-refractivity contribution in [3.63, 3.8) is 0 Å². The van der Waals surface area contributed by atoms with E-state index in [4.69, 9.17) is 5.11 Å². The Hall–Kier alpha value is -1.13. The molecule has 1 aliphatic carbocycles. The van der Waals surface area contributed by atoms with E-state index >= 15 is 0 Å². The van der Waals surface area contributed by atoms with E-state index in [9.17, 15) is 15.0 Å². The van der Waals surface area contributed by atoms with E-state index < -0.39 is 11.6 Å². The Morgan fingerprint density at radius 3 is 2.14 bits per heavy atom. The minimum absolute atomic E-state index is 0.0637. The van der Waals surface area contributed by atoms with Gasteiger partial charge in [0, 0.05) is 12.3 Å². The van der Waals surface area contributed by atoms with Crippen molar-refractivity contribution in [2.24, 2.45) is 16.7 Å². The van der Waals surface area contributed by atoms with Crippen molar-refractivity contribution in [1.82, 2.24) is 0 Å². The maximum absolute atomic E-state index is 11.2. The quantitative estimate of drug-likeness (QED) is 0.745. The van der Waals surface area contributed by atoms with E-state index in [0.29, 0.717) is 6.42 Å². The van der Waals surface area contributed by atoms with Gasteiger partial charge in [-0.3, -0.25) is 4.79 Å². The molecule has 0 amide bonds. The van der Waals surface area contributed by atoms with Crippen LogP contribution in [0.4, 0.5) is 0 Å². The SMILES string of the molecule is CC(C)(C)C1=CC(CCC(=O)O)=CC(C(C)(C)C)C1(O)CO. The van der Waals surface area contributed by atoms with Crippen LogP contribution in [0, 0.1) is 16.7 Å². The summed E-state index contributed by atoms with van der Waals surface area (Å²) in [6.07, 6.45) is 4.31. The van der Waals surface area contributed by atoms with Gasteiger partial charge in [0.1, 0.15) is 5.60 Å². The summed E-state index contributed by atoms with van der Waals surface area (Å²) >= 11 is 0. The van der Waals surface area contributed by atoms with Crippen molar-refractivity contribution in [2.75, 3.05) is 6.61 Å². The highest BCUT2D eigenvalue weighted by Gasteiger charge is 2.49. The Bertz CT molecular complexity index is 488. The van der Waals surface area contributed by atoms with Gasteiger partial charge in [0.15, 0.2) is 0 Å². The van der Waals surface area contributed by atoms with Crippen molar-refractivity contribution < 1.29 is 20.1 Å². The predicted molar refractivity (Wildman–Crippen MR) is 87.5 cm³/mol. The molecule has 0 heterocycles. The Morgan fingerprint density at radius 2 is 1.77 bits per heavy atom. The Kier molecular flexibility index (Phi) is 5.30. The smallest absolute Gasteiger partial charge is 0.303 e. The summed E-state index contributed by atoms with van der Waals surface area (Å²) < 4.78 is 0. The molecule has 0 aromatic heterocycles. The maximum Gasteiger partial charge on any atom is 0.303 e. The normalized spacial score (nSPS) is 26.5. The summed E-state index contributed by atoms with van der Waals surface area (Å²) in [5.74, 6) is -1.10. The van der Waals surface area contributed by atoms with Crippen LogP contribution in [0.2, 0.25) is 0 Å². The highest BCUT2D eigenvalue weighted by molar-refractivity contribution is 5.67. The highest BCUT2D eigenvalue weighted by atomic mass is 16.4. The zero-order valence-electron chi connectivity index (χ0n) is 14.6. The summed E-state index contributed by atoms with van der Waals surface area (Å²) in [6.45, 7) is 11.7. The number of rotatable bonds is 4. The number of aliphatic carboxylic acids is 1. The van der Waals surface area contributed by atoms with Gasteiger partial charge in [-0.25, -0.2) is 0 Å². The lowest BCUT2D eigenvalue weighted by molar-refractivity contribution is -0.136. The summed E-state index contributed by atoms with van der Waals surface area (Å²) in [4.78, 5) is 10.8. The van der Waals surface area contributed by atoms with Crippen molar-refractivity contribution in [2.45, 2.75) is 60.0 Å². The van der Waals surface area contributed by atoms with Crippen molar-refractivity contribution in [3.8, 4) is 0 Å². The standard InChI is InChI=1S/C18H30O4/c1-16(2,3)13-9-12(7-8-15(20)21)10-14(17(4,5)6)18(13,22)11-19/h9-10,13,19,22H,7-8,11H2,1-6H3,(H,20,21). The van der Waals surface area contributed by atoms with E-state index in [2.05, 4.69) is 0 Å². The molecule has 0 bridgehead atoms. The van der Waals surface area contributed by atoms with Gasteiger partial charge in [0.25, 0.3) is 0 Å². The molecule has 0 aromatic carbocycles. The molecule has 2 atom stereocenters. The molecule has 4 heteroatoms. The largest absolute Gasteiger partial charge is 0.481 e. The molecule has 0 radical (unpaired) electrons. The first-order valence-corrected chi connectivity index (χ1v) is 7.80. The van der Waals surface area contributed by atoms with Gasteiger partial charge in [0.05, 0.1) is 6.61 Å². The van der Waals surface area contributed by atoms with Crippen molar-refractivity contribution >= 4 is 5.97 Å². The number of allylic oxidation sites excluding steroid dienone is 2. The van der Waals surface area contributed by atoms with Crippen LogP contribution in [0.1, 0.15) is 54.4 Å². The van der Waals surface area contributed by atoms with Gasteiger partial charge in [-0.15, -0.1) is 0 Å². The van der Waals surface area contributed by atoms with Crippen LogP contribution >= 0.6 is 0 Å². The maximum atomic E-state index is 11.2. The predicted octanol–water partition coefficient (Wildman–Crippen LogP) is 3.15. The molecule has 2 unspecified atom stereocenters. The van der Waals surface area contributed by atoms with Crippen LogP contribution in [0.3, 0.4) is 0 Å². The molecule has 22 heavy (non-hydrogen) atoms. The van der Waals surface area contributed by atoms with Crippen molar-refractivity contribution in [3.05, 3.63) is 23.3 Å². The number of carbonyl (C=O) groups is 1. The highest BCUT2D eigenvalue weighted by Crippen LogP contribution is 2.49. The van der Waals surface area contributed by atoms with Crippen LogP contribution in [0.15, 0.2) is 23.3 Å². The first-order valence-electron chi connectivity index (χ1n) is 7.80. The minimum atomic E-state index is -1.32. The molecule has 0 aliphatic heterocycles. The van der Waals surface area contributed by atoms with Gasteiger partial charge in [0.2, 0.25) is 0 Å². The van der Waals surface area contributed by atoms with Crippen LogP contribution < -0.4 is 0 Å². The molecule has 4 nitrogen and oxygen atoms in total. The second-order valence-electron chi connectivity index (χ2n) is 8.37. The third-order valence-electron chi connectivity index (χ3n) is 4.30. The Morgan fingerprint density at radius 1 is 1.23 bits per heavy atom. The molecule has 0 saturated heterocycles. The molecule has 0 saturated carbocycles. The lowest BCUT2D eigenvalue weighted by atomic mass is 9.60. The summed E-state index contributed by atoms with van der Waals surface area (Å²) in [7, 11) is 0. The zero-order chi connectivity index (χ0) is 17.3. The second kappa shape index (κ2) is 6.17. The lowest BCUT2D eigenvalue weighted by Crippen LogP contribution is -2.52. The molecule has 0 spiro atoms. The third kappa shape index (κ3) is 3.99. The summed E-state index contributed by atoms with van der Waals surface area (Å²) in [5, 5.41) is 30.0. The molecule has 3 N–H and O–H groups in total. The first-order chi connectivity index (χ1) is 9.82. The Labute approximate surface area is 133 Å². The van der Waals surface area contributed by atoms with E-state index in [-0.39, 0.29) is 29.8 Å². The van der Waals surface area contributed by atoms with Gasteiger partial charge in [-0.2, -0.15) is 0 Å². The molecule has 1 aliphatic rings. The fourth-order valence-corrected chi connectivity index (χ4v) is 3.30. The van der Waals surface area contributed by atoms with E-state index in [0.717, 1.165) is 11.1 Å². The number of hydrogen-bond acceptors (Lipinski definition) is 3. The Balaban J connectivity index is 3.37. The molecule has 0 aromatic rings. The van der Waals surface area contributed by atoms with Gasteiger partial charge < -0.3 is 15.3 Å². The first kappa shape index (κ1) is 18.9. The average Bonchev–Trinajstić information content (AvgIpc) is 2.34. The monoisotopic (exact) mass is 310 g/mol. The van der Waals surface area contributed by atoms with Crippen molar-refractivity contribution in [1.29, 1.82) is 0 Å². The fourth-order valence-electron chi connectivity index (χ4n) is 3.30. The lowest BCUT2D eigenvalue weighted by Gasteiger charge is -2.48. The average molecular weight is 310 g/mol. The topological polar surface area (TPSA) is 77.8 Å². The van der Waals surface area contributed by atoms with Gasteiger partial charge >= 0.3 is 5.97 Å². The number of aliphatic hydroxyl groups excluding tert-OH is 1. The number of aliphatic hydroxyl groups is 2. The number of carboxylic acids is 1. The third-order valence-corrected chi connectivity index (χ3v) is 4.30. The summed E-state index contributed by atoms with van der Waals surface area (Å²) in [6, 6.07) is 0. The van der Waals surface area contributed by atoms with Crippen LogP contribution in [-0.2, 0) is 4.79 Å². The number of hydrogen-bond donors (Lipinski definition) is 3. The van der Waals surface area contributed by atoms with Gasteiger partial charge in [-0.1, -0.05) is 59.3 Å². The minimum Gasteiger partial charge on any atom is -0.481 e. The fraction of sp³-hybridized carbons (Fsp3) is 0.722. The summed E-state index contributed by atoms with van der Waals surface area (Å²) in [5.41, 5.74) is -0.195. The molecular weight excluding hydrogens is 280 g/mol. The molecule has 0 fully saturated rings. The zero-order valence-corrected chi connectivity index (χ0v) is 14.6.